The SMILES string of the molecule is CC/C=C\C/C=C\C/C=C\C/C=C\CCCCCC(=O)OCC(COC(=O)CCCCCCCCCCCC)OC(=O)CCCCC/C=C\CCCCCCCCC. The molecule has 0 heterocycles. The molecule has 0 saturated heterocycles. The standard InChI is InChI=1S/C52H90O6/c1-4-7-10-13-16-19-22-24-26-27-29-30-33-36-39-42-45-51(54)57-48-49(47-56-50(53)44-41-38-35-32-21-18-15-12-9-6-3)58-52(55)46-43-40-37-34-31-28-25-23-20-17-14-11-8-5-2/h7,10,16,19,24,26,28-31,49H,4-6,8-9,11-15,17-18,20-23,25,27,32-48H2,1-3H3/b10-7-,19-16-,26-24-,30-29-,31-28-. The predicted molar refractivity (Wildman–Crippen MR) is 247 cm³/mol. The van der Waals surface area contributed by atoms with Gasteiger partial charge in [-0.25, -0.2) is 0 Å². The number of rotatable bonds is 43. The molecule has 6 nitrogen and oxygen atoms in total. The fourth-order valence-electron chi connectivity index (χ4n) is 6.60. The number of unbranched alkanes of at least 4 members (excludes halogenated alkanes) is 22. The van der Waals surface area contributed by atoms with Crippen LogP contribution >= 0.6 is 0 Å². The van der Waals surface area contributed by atoms with Crippen molar-refractivity contribution in [2.45, 2.75) is 239 Å². The van der Waals surface area contributed by atoms with Gasteiger partial charge in [0.25, 0.3) is 0 Å². The van der Waals surface area contributed by atoms with Crippen LogP contribution in [-0.4, -0.2) is 37.2 Å². The van der Waals surface area contributed by atoms with Crippen molar-refractivity contribution in [1.29, 1.82) is 0 Å². The topological polar surface area (TPSA) is 78.9 Å². The third-order valence-corrected chi connectivity index (χ3v) is 10.3. The molecule has 0 aliphatic heterocycles. The van der Waals surface area contributed by atoms with Gasteiger partial charge in [0.2, 0.25) is 0 Å². The van der Waals surface area contributed by atoms with Crippen molar-refractivity contribution in [3.8, 4) is 0 Å². The highest BCUT2D eigenvalue weighted by atomic mass is 16.6. The van der Waals surface area contributed by atoms with Gasteiger partial charge in [0.1, 0.15) is 13.2 Å². The molecule has 0 aromatic heterocycles. The largest absolute Gasteiger partial charge is 0.462 e. The average Bonchev–Trinajstić information content (AvgIpc) is 3.22. The summed E-state index contributed by atoms with van der Waals surface area (Å²) in [6.45, 7) is 6.46. The molecular weight excluding hydrogens is 721 g/mol. The minimum absolute atomic E-state index is 0.0893. The second-order valence-corrected chi connectivity index (χ2v) is 16.0. The van der Waals surface area contributed by atoms with Crippen LogP contribution in [0.2, 0.25) is 0 Å². The Hall–Kier alpha value is -2.89. The highest BCUT2D eigenvalue weighted by Gasteiger charge is 2.19. The third kappa shape index (κ3) is 44.2. The smallest absolute Gasteiger partial charge is 0.306 e. The van der Waals surface area contributed by atoms with E-state index in [0.717, 1.165) is 103 Å². The second-order valence-electron chi connectivity index (χ2n) is 16.0. The lowest BCUT2D eigenvalue weighted by molar-refractivity contribution is -0.167. The predicted octanol–water partition coefficient (Wildman–Crippen LogP) is 15.7. The summed E-state index contributed by atoms with van der Waals surface area (Å²) < 4.78 is 16.7. The van der Waals surface area contributed by atoms with Crippen LogP contribution in [0.15, 0.2) is 60.8 Å². The van der Waals surface area contributed by atoms with E-state index in [1.54, 1.807) is 0 Å². The van der Waals surface area contributed by atoms with Gasteiger partial charge < -0.3 is 14.2 Å². The van der Waals surface area contributed by atoms with E-state index in [1.807, 2.05) is 0 Å². The summed E-state index contributed by atoms with van der Waals surface area (Å²) in [5, 5.41) is 0. The van der Waals surface area contributed by atoms with Crippen molar-refractivity contribution >= 4 is 17.9 Å². The van der Waals surface area contributed by atoms with Gasteiger partial charge in [0.05, 0.1) is 0 Å². The first-order chi connectivity index (χ1) is 28.5. The lowest BCUT2D eigenvalue weighted by Crippen LogP contribution is -2.30. The maximum absolute atomic E-state index is 12.7. The molecule has 0 bridgehead atoms. The Bertz CT molecular complexity index is 1070. The Labute approximate surface area is 358 Å². The number of carbonyl (C=O) groups excluding carboxylic acids is 3. The Morgan fingerprint density at radius 3 is 1.09 bits per heavy atom. The van der Waals surface area contributed by atoms with Crippen LogP contribution in [-0.2, 0) is 28.6 Å². The summed E-state index contributed by atoms with van der Waals surface area (Å²) in [7, 11) is 0. The number of allylic oxidation sites excluding steroid dienone is 10. The summed E-state index contributed by atoms with van der Waals surface area (Å²) in [5.41, 5.74) is 0. The molecule has 0 fully saturated rings. The summed E-state index contributed by atoms with van der Waals surface area (Å²) in [4.78, 5) is 37.8. The second kappa shape index (κ2) is 46.8. The van der Waals surface area contributed by atoms with E-state index >= 15 is 0 Å². The van der Waals surface area contributed by atoms with E-state index in [1.165, 1.54) is 89.9 Å². The zero-order valence-corrected chi connectivity index (χ0v) is 38.0. The highest BCUT2D eigenvalue weighted by molar-refractivity contribution is 5.71. The normalized spacial score (nSPS) is 12.5. The van der Waals surface area contributed by atoms with Crippen LogP contribution in [0.1, 0.15) is 233 Å². The zero-order valence-electron chi connectivity index (χ0n) is 38.0. The van der Waals surface area contributed by atoms with Crippen LogP contribution in [0.4, 0.5) is 0 Å². The number of hydrogen-bond donors (Lipinski definition) is 0. The van der Waals surface area contributed by atoms with Crippen LogP contribution in [0.5, 0.6) is 0 Å². The monoisotopic (exact) mass is 811 g/mol. The van der Waals surface area contributed by atoms with Crippen molar-refractivity contribution in [2.24, 2.45) is 0 Å². The maximum Gasteiger partial charge on any atom is 0.306 e. The third-order valence-electron chi connectivity index (χ3n) is 10.3. The van der Waals surface area contributed by atoms with Crippen molar-refractivity contribution < 1.29 is 28.6 Å². The number of ether oxygens (including phenoxy) is 3. The van der Waals surface area contributed by atoms with Crippen molar-refractivity contribution in [1.82, 2.24) is 0 Å². The number of hydrogen-bond acceptors (Lipinski definition) is 6. The molecule has 0 aliphatic rings. The first kappa shape index (κ1) is 55.1. The molecule has 0 amide bonds. The molecule has 6 heteroatoms. The van der Waals surface area contributed by atoms with Crippen LogP contribution in [0.3, 0.4) is 0 Å². The van der Waals surface area contributed by atoms with Crippen molar-refractivity contribution in [2.75, 3.05) is 13.2 Å². The number of esters is 3. The Morgan fingerprint density at radius 2 is 0.672 bits per heavy atom. The van der Waals surface area contributed by atoms with Gasteiger partial charge in [0.15, 0.2) is 6.10 Å². The summed E-state index contributed by atoms with van der Waals surface area (Å²) in [6.07, 6.45) is 56.3. The van der Waals surface area contributed by atoms with Gasteiger partial charge in [-0.1, -0.05) is 191 Å². The van der Waals surface area contributed by atoms with Gasteiger partial charge in [-0.3, -0.25) is 14.4 Å². The molecule has 0 rings (SSSR count). The van der Waals surface area contributed by atoms with E-state index < -0.39 is 6.10 Å². The van der Waals surface area contributed by atoms with E-state index in [4.69, 9.17) is 14.2 Å². The zero-order chi connectivity index (χ0) is 42.3. The first-order valence-electron chi connectivity index (χ1n) is 24.3. The molecular formula is C52H90O6. The molecule has 334 valence electrons. The van der Waals surface area contributed by atoms with E-state index in [2.05, 4.69) is 81.5 Å². The van der Waals surface area contributed by atoms with E-state index in [-0.39, 0.29) is 31.1 Å². The van der Waals surface area contributed by atoms with Crippen molar-refractivity contribution in [3.63, 3.8) is 0 Å². The Balaban J connectivity index is 4.44. The van der Waals surface area contributed by atoms with E-state index in [9.17, 15) is 14.4 Å². The van der Waals surface area contributed by atoms with Gasteiger partial charge >= 0.3 is 17.9 Å². The van der Waals surface area contributed by atoms with Gasteiger partial charge in [-0.2, -0.15) is 0 Å². The van der Waals surface area contributed by atoms with Crippen LogP contribution < -0.4 is 0 Å². The van der Waals surface area contributed by atoms with E-state index in [0.29, 0.717) is 19.3 Å². The molecule has 1 atom stereocenters. The fourth-order valence-corrected chi connectivity index (χ4v) is 6.60. The quantitative estimate of drug-likeness (QED) is 0.0264. The average molecular weight is 811 g/mol. The molecule has 0 spiro atoms. The van der Waals surface area contributed by atoms with Crippen molar-refractivity contribution in [3.05, 3.63) is 60.8 Å². The summed E-state index contributed by atoms with van der Waals surface area (Å²) >= 11 is 0. The van der Waals surface area contributed by atoms with Crippen LogP contribution in [0, 0.1) is 0 Å². The fraction of sp³-hybridized carbons (Fsp3) is 0.750. The molecule has 1 unspecified atom stereocenters. The Kier molecular flexibility index (Phi) is 44.5. The molecule has 0 radical (unpaired) electrons. The number of carbonyl (C=O) groups is 3. The van der Waals surface area contributed by atoms with Gasteiger partial charge in [0, 0.05) is 19.3 Å². The van der Waals surface area contributed by atoms with Gasteiger partial charge in [-0.05, 0) is 83.5 Å². The molecule has 0 aromatic rings. The maximum atomic E-state index is 12.7. The Morgan fingerprint density at radius 1 is 0.362 bits per heavy atom. The highest BCUT2D eigenvalue weighted by Crippen LogP contribution is 2.14. The minimum atomic E-state index is -0.791. The summed E-state index contributed by atoms with van der Waals surface area (Å²) in [5.74, 6) is -0.939. The molecule has 0 N–H and O–H groups in total. The lowest BCUT2D eigenvalue weighted by Gasteiger charge is -2.18. The molecule has 0 aromatic carbocycles. The van der Waals surface area contributed by atoms with Crippen LogP contribution in [0.25, 0.3) is 0 Å². The molecule has 0 aliphatic carbocycles. The summed E-state index contributed by atoms with van der Waals surface area (Å²) in [6, 6.07) is 0. The lowest BCUT2D eigenvalue weighted by atomic mass is 10.1. The first-order valence-corrected chi connectivity index (χ1v) is 24.3. The van der Waals surface area contributed by atoms with Gasteiger partial charge in [-0.15, -0.1) is 0 Å². The minimum Gasteiger partial charge on any atom is -0.462 e. The molecule has 58 heavy (non-hydrogen) atoms. The molecule has 0 saturated carbocycles.